The van der Waals surface area contributed by atoms with Crippen LogP contribution in [-0.2, 0) is 9.53 Å². The molecule has 0 aromatic heterocycles. The maximum absolute atomic E-state index is 11.0. The smallest absolute Gasteiger partial charge is 0.262 e. The molecule has 0 saturated carbocycles. The Balaban J connectivity index is 2.36. The SMILES string of the molecule is NNC(=O)C1CCCCCO1. The molecule has 0 aromatic carbocycles. The van der Waals surface area contributed by atoms with Crippen molar-refractivity contribution in [3.8, 4) is 0 Å². The van der Waals surface area contributed by atoms with Gasteiger partial charge in [-0.2, -0.15) is 0 Å². The standard InChI is InChI=1S/C7H14N2O2/c8-9-7(10)6-4-2-1-3-5-11-6/h6H,1-5,8H2,(H,9,10). The number of amides is 1. The molecule has 1 aliphatic rings. The van der Waals surface area contributed by atoms with Gasteiger partial charge in [-0.3, -0.25) is 10.2 Å². The minimum absolute atomic E-state index is 0.202. The van der Waals surface area contributed by atoms with Gasteiger partial charge in [0.05, 0.1) is 0 Å². The summed E-state index contributed by atoms with van der Waals surface area (Å²) in [6.45, 7) is 0.679. The average molecular weight is 158 g/mol. The fraction of sp³-hybridized carbons (Fsp3) is 0.857. The van der Waals surface area contributed by atoms with Crippen LogP contribution in [0.3, 0.4) is 0 Å². The Labute approximate surface area is 66.1 Å². The third kappa shape index (κ3) is 2.48. The van der Waals surface area contributed by atoms with Gasteiger partial charge in [0.25, 0.3) is 5.91 Å². The highest BCUT2D eigenvalue weighted by atomic mass is 16.5. The Morgan fingerprint density at radius 1 is 1.45 bits per heavy atom. The lowest BCUT2D eigenvalue weighted by Crippen LogP contribution is -2.40. The van der Waals surface area contributed by atoms with Gasteiger partial charge in [-0.25, -0.2) is 5.84 Å². The molecule has 1 aliphatic heterocycles. The van der Waals surface area contributed by atoms with Crippen LogP contribution in [0.5, 0.6) is 0 Å². The van der Waals surface area contributed by atoms with Crippen LogP contribution in [0.2, 0.25) is 0 Å². The average Bonchev–Trinajstić information content (AvgIpc) is 2.30. The van der Waals surface area contributed by atoms with Crippen molar-refractivity contribution < 1.29 is 9.53 Å². The zero-order chi connectivity index (χ0) is 8.10. The number of nitrogens with two attached hydrogens (primary N) is 1. The summed E-state index contributed by atoms with van der Waals surface area (Å²) in [6, 6.07) is 0. The Morgan fingerprint density at radius 2 is 2.27 bits per heavy atom. The van der Waals surface area contributed by atoms with Gasteiger partial charge in [0, 0.05) is 6.61 Å². The van der Waals surface area contributed by atoms with Crippen LogP contribution in [0.1, 0.15) is 25.7 Å². The molecule has 0 radical (unpaired) electrons. The van der Waals surface area contributed by atoms with Crippen molar-refractivity contribution in [1.29, 1.82) is 0 Å². The molecule has 1 amide bonds. The molecule has 4 nitrogen and oxygen atoms in total. The highest BCUT2D eigenvalue weighted by Gasteiger charge is 2.19. The molecule has 0 aliphatic carbocycles. The second kappa shape index (κ2) is 4.31. The zero-order valence-electron chi connectivity index (χ0n) is 6.51. The number of nitrogens with one attached hydrogen (secondary N) is 1. The van der Waals surface area contributed by atoms with Gasteiger partial charge in [-0.05, 0) is 12.8 Å². The van der Waals surface area contributed by atoms with Crippen LogP contribution in [0.15, 0.2) is 0 Å². The van der Waals surface area contributed by atoms with E-state index in [9.17, 15) is 4.79 Å². The predicted molar refractivity (Wildman–Crippen MR) is 40.5 cm³/mol. The fourth-order valence-corrected chi connectivity index (χ4v) is 1.22. The van der Waals surface area contributed by atoms with Gasteiger partial charge in [0.1, 0.15) is 6.10 Å². The van der Waals surface area contributed by atoms with Gasteiger partial charge in [-0.15, -0.1) is 0 Å². The van der Waals surface area contributed by atoms with Crippen LogP contribution in [-0.4, -0.2) is 18.6 Å². The van der Waals surface area contributed by atoms with E-state index in [1.165, 1.54) is 0 Å². The fourth-order valence-electron chi connectivity index (χ4n) is 1.22. The molecular weight excluding hydrogens is 144 g/mol. The van der Waals surface area contributed by atoms with E-state index in [1.54, 1.807) is 0 Å². The summed E-state index contributed by atoms with van der Waals surface area (Å²) in [7, 11) is 0. The van der Waals surface area contributed by atoms with Crippen molar-refractivity contribution in [1.82, 2.24) is 5.43 Å². The topological polar surface area (TPSA) is 64.3 Å². The van der Waals surface area contributed by atoms with E-state index in [0.29, 0.717) is 6.61 Å². The molecule has 1 fully saturated rings. The third-order valence-electron chi connectivity index (χ3n) is 1.86. The molecular formula is C7H14N2O2. The van der Waals surface area contributed by atoms with E-state index in [1.807, 2.05) is 0 Å². The minimum atomic E-state index is -0.317. The molecule has 64 valence electrons. The Kier molecular flexibility index (Phi) is 3.32. The van der Waals surface area contributed by atoms with Crippen LogP contribution < -0.4 is 11.3 Å². The van der Waals surface area contributed by atoms with E-state index in [2.05, 4.69) is 5.43 Å². The lowest BCUT2D eigenvalue weighted by Gasteiger charge is -2.11. The molecule has 1 rings (SSSR count). The molecule has 11 heavy (non-hydrogen) atoms. The number of carbonyl (C=O) groups excluding carboxylic acids is 1. The lowest BCUT2D eigenvalue weighted by molar-refractivity contribution is -0.132. The van der Waals surface area contributed by atoms with Gasteiger partial charge in [0.2, 0.25) is 0 Å². The van der Waals surface area contributed by atoms with E-state index in [0.717, 1.165) is 25.7 Å². The number of hydrogen-bond donors (Lipinski definition) is 2. The maximum atomic E-state index is 11.0. The van der Waals surface area contributed by atoms with Crippen molar-refractivity contribution in [2.75, 3.05) is 6.61 Å². The largest absolute Gasteiger partial charge is 0.368 e. The van der Waals surface area contributed by atoms with Crippen LogP contribution in [0.4, 0.5) is 0 Å². The predicted octanol–water partition coefficient (Wildman–Crippen LogP) is -0.0645. The number of rotatable bonds is 1. The first kappa shape index (κ1) is 8.49. The molecule has 1 saturated heterocycles. The second-order valence-corrected chi connectivity index (χ2v) is 2.72. The minimum Gasteiger partial charge on any atom is -0.368 e. The summed E-state index contributed by atoms with van der Waals surface area (Å²) >= 11 is 0. The molecule has 1 atom stereocenters. The Hall–Kier alpha value is -0.610. The highest BCUT2D eigenvalue weighted by molar-refractivity contribution is 5.80. The van der Waals surface area contributed by atoms with Crippen LogP contribution in [0, 0.1) is 0 Å². The van der Waals surface area contributed by atoms with Gasteiger partial charge in [0.15, 0.2) is 0 Å². The monoisotopic (exact) mass is 158 g/mol. The van der Waals surface area contributed by atoms with Crippen molar-refractivity contribution >= 4 is 5.91 Å². The van der Waals surface area contributed by atoms with Crippen LogP contribution >= 0.6 is 0 Å². The summed E-state index contributed by atoms with van der Waals surface area (Å²) in [5, 5.41) is 0. The number of hydrazine groups is 1. The number of carbonyl (C=O) groups is 1. The van der Waals surface area contributed by atoms with Gasteiger partial charge >= 0.3 is 0 Å². The Morgan fingerprint density at radius 3 is 3.00 bits per heavy atom. The second-order valence-electron chi connectivity index (χ2n) is 2.72. The normalized spacial score (nSPS) is 25.7. The van der Waals surface area contributed by atoms with E-state index >= 15 is 0 Å². The van der Waals surface area contributed by atoms with Crippen molar-refractivity contribution in [2.45, 2.75) is 31.8 Å². The Bertz CT molecular complexity index is 130. The summed E-state index contributed by atoms with van der Waals surface area (Å²) < 4.78 is 5.26. The summed E-state index contributed by atoms with van der Waals surface area (Å²) in [5.74, 6) is 4.77. The summed E-state index contributed by atoms with van der Waals surface area (Å²) in [5.41, 5.74) is 2.10. The summed E-state index contributed by atoms with van der Waals surface area (Å²) in [6.07, 6.45) is 3.73. The molecule has 0 aromatic rings. The van der Waals surface area contributed by atoms with Crippen molar-refractivity contribution in [2.24, 2.45) is 5.84 Å². The van der Waals surface area contributed by atoms with E-state index in [4.69, 9.17) is 10.6 Å². The first-order valence-electron chi connectivity index (χ1n) is 3.96. The zero-order valence-corrected chi connectivity index (χ0v) is 6.51. The number of ether oxygens (including phenoxy) is 1. The quantitative estimate of drug-likeness (QED) is 0.319. The molecule has 4 heteroatoms. The van der Waals surface area contributed by atoms with E-state index < -0.39 is 0 Å². The molecule has 1 unspecified atom stereocenters. The summed E-state index contributed by atoms with van der Waals surface area (Å²) in [4.78, 5) is 11.0. The first-order chi connectivity index (χ1) is 5.34. The molecule has 0 spiro atoms. The van der Waals surface area contributed by atoms with E-state index in [-0.39, 0.29) is 12.0 Å². The lowest BCUT2D eigenvalue weighted by atomic mass is 10.1. The van der Waals surface area contributed by atoms with Gasteiger partial charge in [-0.1, -0.05) is 12.8 Å². The van der Waals surface area contributed by atoms with Gasteiger partial charge < -0.3 is 4.74 Å². The molecule has 1 heterocycles. The molecule has 3 N–H and O–H groups in total. The highest BCUT2D eigenvalue weighted by Crippen LogP contribution is 2.12. The third-order valence-corrected chi connectivity index (χ3v) is 1.86. The number of hydrogen-bond acceptors (Lipinski definition) is 3. The van der Waals surface area contributed by atoms with Crippen LogP contribution in [0.25, 0.3) is 0 Å². The maximum Gasteiger partial charge on any atom is 0.262 e. The van der Waals surface area contributed by atoms with Crippen molar-refractivity contribution in [3.05, 3.63) is 0 Å². The molecule has 0 bridgehead atoms. The van der Waals surface area contributed by atoms with Crippen molar-refractivity contribution in [3.63, 3.8) is 0 Å². The first-order valence-corrected chi connectivity index (χ1v) is 3.96.